The van der Waals surface area contributed by atoms with Gasteiger partial charge in [0.2, 0.25) is 0 Å². The number of hydrogen-bond acceptors (Lipinski definition) is 1. The lowest BCUT2D eigenvalue weighted by atomic mass is 9.65. The number of nitrogens with one attached hydrogen (secondary N) is 1. The van der Waals surface area contributed by atoms with Crippen LogP contribution in [-0.4, -0.2) is 10.8 Å². The largest absolute Gasteiger partial charge is 0.354 e. The van der Waals surface area contributed by atoms with E-state index in [4.69, 9.17) is 0 Å². The Morgan fingerprint density at radius 2 is 1.48 bits per heavy atom. The molecule has 27 heavy (non-hydrogen) atoms. The topological polar surface area (TPSA) is 32.9 Å². The Morgan fingerprint density at radius 3 is 2.15 bits per heavy atom. The Kier molecular flexibility index (Phi) is 3.18. The van der Waals surface area contributed by atoms with Crippen LogP contribution in [-0.2, 0) is 10.8 Å². The molecule has 0 spiro atoms. The van der Waals surface area contributed by atoms with E-state index >= 15 is 0 Å². The van der Waals surface area contributed by atoms with Gasteiger partial charge in [-0.25, -0.2) is 0 Å². The van der Waals surface area contributed by atoms with Crippen LogP contribution in [0.3, 0.4) is 0 Å². The monoisotopic (exact) mass is 359 g/mol. The van der Waals surface area contributed by atoms with Crippen molar-refractivity contribution >= 4 is 27.6 Å². The van der Waals surface area contributed by atoms with Gasteiger partial charge in [0.1, 0.15) is 0 Å². The molecule has 0 aliphatic heterocycles. The molecule has 1 aromatic heterocycles. The van der Waals surface area contributed by atoms with Gasteiger partial charge < -0.3 is 4.98 Å². The summed E-state index contributed by atoms with van der Waals surface area (Å²) in [6, 6.07) is 11.2. The highest BCUT2D eigenvalue weighted by atomic mass is 16.1. The fourth-order valence-corrected chi connectivity index (χ4v) is 5.28. The molecule has 0 radical (unpaired) electrons. The number of aromatic nitrogens is 1. The van der Waals surface area contributed by atoms with Crippen LogP contribution in [0.4, 0.5) is 0 Å². The number of H-pyrrole nitrogens is 1. The van der Waals surface area contributed by atoms with Crippen LogP contribution >= 0.6 is 0 Å². The van der Waals surface area contributed by atoms with Crippen LogP contribution in [0.1, 0.15) is 81.8 Å². The molecule has 3 aliphatic rings. The summed E-state index contributed by atoms with van der Waals surface area (Å²) in [6.45, 7) is 11.3. The van der Waals surface area contributed by atoms with Gasteiger partial charge in [-0.15, -0.1) is 0 Å². The zero-order valence-corrected chi connectivity index (χ0v) is 17.1. The average molecular weight is 360 g/mol. The molecule has 2 bridgehead atoms. The summed E-state index contributed by atoms with van der Waals surface area (Å²) in [5.74, 6) is 0.356. The van der Waals surface area contributed by atoms with Gasteiger partial charge in [0.15, 0.2) is 5.78 Å². The van der Waals surface area contributed by atoms with Gasteiger partial charge in [-0.1, -0.05) is 40.7 Å². The van der Waals surface area contributed by atoms with Crippen molar-refractivity contribution in [3.05, 3.63) is 47.0 Å². The molecule has 2 heteroatoms. The van der Waals surface area contributed by atoms with Crippen molar-refractivity contribution in [3.8, 4) is 0 Å². The van der Waals surface area contributed by atoms with Crippen molar-refractivity contribution in [2.75, 3.05) is 0 Å². The first-order valence-electron chi connectivity index (χ1n) is 10.3. The van der Waals surface area contributed by atoms with Crippen molar-refractivity contribution in [3.63, 3.8) is 0 Å². The summed E-state index contributed by atoms with van der Waals surface area (Å²) in [6.07, 6.45) is 4.26. The number of benzene rings is 2. The normalized spacial score (nSPS) is 28.0. The number of fused-ring (bicyclic) bond motifs is 5. The van der Waals surface area contributed by atoms with Crippen LogP contribution in [0.15, 0.2) is 30.3 Å². The third-order valence-electron chi connectivity index (χ3n) is 7.50. The maximum atomic E-state index is 13.4. The van der Waals surface area contributed by atoms with Crippen molar-refractivity contribution in [1.82, 2.24) is 4.98 Å². The zero-order valence-electron chi connectivity index (χ0n) is 17.1. The molecule has 0 saturated heterocycles. The number of carbonyl (C=O) groups excluding carboxylic acids is 1. The Hall–Kier alpha value is -2.09. The number of rotatable bonds is 0. The Morgan fingerprint density at radius 1 is 0.852 bits per heavy atom. The van der Waals surface area contributed by atoms with Crippen molar-refractivity contribution in [2.24, 2.45) is 5.41 Å². The Balaban J connectivity index is 1.83. The molecule has 2 nitrogen and oxygen atoms in total. The lowest BCUT2D eigenvalue weighted by Gasteiger charge is -2.38. The molecule has 2 aromatic carbocycles. The van der Waals surface area contributed by atoms with Crippen LogP contribution in [0.2, 0.25) is 0 Å². The molecule has 1 saturated carbocycles. The van der Waals surface area contributed by atoms with Gasteiger partial charge in [-0.05, 0) is 71.9 Å². The molecule has 3 aromatic rings. The highest BCUT2D eigenvalue weighted by Gasteiger charge is 2.48. The number of ketones is 1. The lowest BCUT2D eigenvalue weighted by molar-refractivity contribution is 0.0732. The molecule has 0 unspecified atom stereocenters. The first kappa shape index (κ1) is 17.0. The highest BCUT2D eigenvalue weighted by Crippen LogP contribution is 2.53. The Labute approximate surface area is 161 Å². The number of carbonyl (C=O) groups is 1. The maximum Gasteiger partial charge on any atom is 0.169 e. The van der Waals surface area contributed by atoms with Crippen molar-refractivity contribution in [2.45, 2.75) is 71.1 Å². The van der Waals surface area contributed by atoms with Crippen LogP contribution in [0.25, 0.3) is 21.8 Å². The molecule has 1 fully saturated rings. The first-order valence-corrected chi connectivity index (χ1v) is 10.3. The third-order valence-corrected chi connectivity index (χ3v) is 7.50. The van der Waals surface area contributed by atoms with E-state index in [0.717, 1.165) is 42.3 Å². The molecule has 6 rings (SSSR count). The van der Waals surface area contributed by atoms with Crippen molar-refractivity contribution < 1.29 is 4.79 Å². The van der Waals surface area contributed by atoms with E-state index in [9.17, 15) is 4.79 Å². The molecule has 1 heterocycles. The minimum atomic E-state index is -0.177. The lowest BCUT2D eigenvalue weighted by Crippen LogP contribution is -2.33. The van der Waals surface area contributed by atoms with Crippen molar-refractivity contribution in [1.29, 1.82) is 0 Å². The Bertz CT molecular complexity index is 1100. The molecule has 0 amide bonds. The summed E-state index contributed by atoms with van der Waals surface area (Å²) in [5, 5.41) is 2.54. The minimum Gasteiger partial charge on any atom is -0.354 e. The van der Waals surface area contributed by atoms with E-state index in [1.165, 1.54) is 21.9 Å². The quantitative estimate of drug-likeness (QED) is 0.479. The summed E-state index contributed by atoms with van der Waals surface area (Å²) in [5.41, 5.74) is 5.92. The van der Waals surface area contributed by atoms with Gasteiger partial charge in [0.05, 0.1) is 0 Å². The van der Waals surface area contributed by atoms with Crippen LogP contribution in [0, 0.1) is 5.41 Å². The number of Topliss-reactive ketones (excluding diaryl/α,β-unsaturated/α-hetero) is 1. The summed E-state index contributed by atoms with van der Waals surface area (Å²) in [7, 11) is 0. The number of hydrogen-bond donors (Lipinski definition) is 1. The van der Waals surface area contributed by atoms with E-state index in [-0.39, 0.29) is 16.2 Å². The molecule has 0 atom stereocenters. The van der Waals surface area contributed by atoms with Gasteiger partial charge in [0, 0.05) is 32.8 Å². The van der Waals surface area contributed by atoms with Crippen LogP contribution in [0.5, 0.6) is 0 Å². The highest BCUT2D eigenvalue weighted by molar-refractivity contribution is 6.12. The summed E-state index contributed by atoms with van der Waals surface area (Å²) < 4.78 is 0. The van der Waals surface area contributed by atoms with E-state index in [1.54, 1.807) is 0 Å². The predicted molar refractivity (Wildman–Crippen MR) is 113 cm³/mol. The molecular weight excluding hydrogens is 330 g/mol. The second kappa shape index (κ2) is 5.04. The maximum absolute atomic E-state index is 13.4. The molecule has 140 valence electrons. The SMILES string of the molecule is CC12CCC(C)(CC1)c1cc3c(cc1C2=O)[nH]c1ccc(C(C)(C)C)cc13. The van der Waals surface area contributed by atoms with E-state index < -0.39 is 0 Å². The third kappa shape index (κ3) is 2.28. The molecular formula is C25H29NO. The van der Waals surface area contributed by atoms with Gasteiger partial charge in [-0.2, -0.15) is 0 Å². The van der Waals surface area contributed by atoms with E-state index in [2.05, 4.69) is 69.9 Å². The molecule has 1 N–H and O–H groups in total. The van der Waals surface area contributed by atoms with Gasteiger partial charge in [0.25, 0.3) is 0 Å². The van der Waals surface area contributed by atoms with E-state index in [1.807, 2.05) is 0 Å². The fourth-order valence-electron chi connectivity index (χ4n) is 5.28. The second-order valence-corrected chi connectivity index (χ2v) is 10.5. The standard InChI is InChI=1S/C25H29NO/c1-23(2,3)15-6-7-20-16(12-15)17-13-19-18(14-21(17)26-20)22(27)25(5)10-8-24(19,4)9-11-25/h6-7,12-14,26H,8-11H2,1-5H3. The van der Waals surface area contributed by atoms with Gasteiger partial charge >= 0.3 is 0 Å². The second-order valence-electron chi connectivity index (χ2n) is 10.5. The number of aromatic amines is 1. The van der Waals surface area contributed by atoms with Crippen LogP contribution < -0.4 is 0 Å². The minimum absolute atomic E-state index is 0.124. The summed E-state index contributed by atoms with van der Waals surface area (Å²) in [4.78, 5) is 17.0. The summed E-state index contributed by atoms with van der Waals surface area (Å²) >= 11 is 0. The van der Waals surface area contributed by atoms with Gasteiger partial charge in [-0.3, -0.25) is 4.79 Å². The first-order chi connectivity index (χ1) is 12.6. The smallest absolute Gasteiger partial charge is 0.169 e. The predicted octanol–water partition coefficient (Wildman–Crippen LogP) is 6.65. The average Bonchev–Trinajstić information content (AvgIpc) is 2.92. The van der Waals surface area contributed by atoms with E-state index in [0.29, 0.717) is 5.78 Å². The molecule has 3 aliphatic carbocycles. The zero-order chi connectivity index (χ0) is 19.2. The fraction of sp³-hybridized carbons (Fsp3) is 0.480.